The predicted octanol–water partition coefficient (Wildman–Crippen LogP) is 5.92. The number of hydrogen-bond acceptors (Lipinski definition) is 4. The van der Waals surface area contributed by atoms with E-state index < -0.39 is 0 Å². The molecule has 6 heteroatoms. The molecule has 3 aromatic rings. The molecule has 0 aliphatic rings. The first-order chi connectivity index (χ1) is 12.0. The van der Waals surface area contributed by atoms with Crippen molar-refractivity contribution in [1.82, 2.24) is 4.98 Å². The first kappa shape index (κ1) is 18.2. The Kier molecular flexibility index (Phi) is 5.93. The van der Waals surface area contributed by atoms with Crippen LogP contribution in [0.25, 0.3) is 11.3 Å². The summed E-state index contributed by atoms with van der Waals surface area (Å²) in [5.41, 5.74) is 5.07. The molecule has 25 heavy (non-hydrogen) atoms. The molecule has 0 bridgehead atoms. The zero-order valence-corrected chi connectivity index (χ0v) is 17.1. The molecule has 0 spiro atoms. The molecule has 0 saturated heterocycles. The van der Waals surface area contributed by atoms with Crippen molar-refractivity contribution in [3.63, 3.8) is 0 Å². The number of para-hydroxylation sites is 1. The summed E-state index contributed by atoms with van der Waals surface area (Å²) in [5.74, 6) is 0.337. The van der Waals surface area contributed by atoms with Gasteiger partial charge in [0, 0.05) is 21.1 Å². The average molecular weight is 433 g/mol. The van der Waals surface area contributed by atoms with Gasteiger partial charge in [-0.15, -0.1) is 11.3 Å². The average Bonchev–Trinajstić information content (AvgIpc) is 3.06. The lowest BCUT2D eigenvalue weighted by Crippen LogP contribution is -2.15. The van der Waals surface area contributed by atoms with Crippen LogP contribution in [0.4, 0.5) is 5.69 Å². The van der Waals surface area contributed by atoms with E-state index in [-0.39, 0.29) is 5.91 Å². The summed E-state index contributed by atoms with van der Waals surface area (Å²) < 4.78 is 1.94. The Bertz CT molecular complexity index is 870. The van der Waals surface area contributed by atoms with E-state index >= 15 is 0 Å². The number of hydrogen-bond donors (Lipinski definition) is 1. The van der Waals surface area contributed by atoms with Gasteiger partial charge >= 0.3 is 0 Å². The maximum Gasteiger partial charge on any atom is 0.234 e. The van der Waals surface area contributed by atoms with Crippen molar-refractivity contribution < 1.29 is 4.79 Å². The smallest absolute Gasteiger partial charge is 0.234 e. The fourth-order valence-electron chi connectivity index (χ4n) is 2.39. The monoisotopic (exact) mass is 432 g/mol. The number of thioether (sulfide) groups is 1. The second-order valence-corrected chi connectivity index (χ2v) is 8.61. The number of aryl methyl sites for hydroxylation is 2. The molecule has 0 radical (unpaired) electrons. The summed E-state index contributed by atoms with van der Waals surface area (Å²) in [6.07, 6.45) is 0. The second-order valence-electron chi connectivity index (χ2n) is 5.61. The molecule has 0 aliphatic carbocycles. The molecule has 1 heterocycles. The Balaban J connectivity index is 1.60. The van der Waals surface area contributed by atoms with Gasteiger partial charge in [-0.3, -0.25) is 4.79 Å². The Morgan fingerprint density at radius 2 is 1.84 bits per heavy atom. The SMILES string of the molecule is Cc1cccc(C)c1NC(=O)CSc1nc(-c2ccc(Br)cc2)cs1. The van der Waals surface area contributed by atoms with Crippen LogP contribution in [-0.2, 0) is 4.79 Å². The maximum absolute atomic E-state index is 12.2. The van der Waals surface area contributed by atoms with Crippen molar-refractivity contribution in [2.45, 2.75) is 18.2 Å². The highest BCUT2D eigenvalue weighted by Gasteiger charge is 2.10. The minimum absolute atomic E-state index is 0.0113. The van der Waals surface area contributed by atoms with Gasteiger partial charge in [0.1, 0.15) is 0 Å². The number of thiazole rings is 1. The molecule has 3 nitrogen and oxygen atoms in total. The van der Waals surface area contributed by atoms with Crippen molar-refractivity contribution >= 4 is 50.6 Å². The summed E-state index contributed by atoms with van der Waals surface area (Å²) in [6, 6.07) is 14.1. The molecule has 1 aromatic heterocycles. The number of carbonyl (C=O) groups excluding carboxylic acids is 1. The molecule has 0 atom stereocenters. The fraction of sp³-hybridized carbons (Fsp3) is 0.158. The summed E-state index contributed by atoms with van der Waals surface area (Å²) in [5, 5.41) is 5.03. The molecular formula is C19H17BrN2OS2. The Morgan fingerprint density at radius 1 is 1.16 bits per heavy atom. The predicted molar refractivity (Wildman–Crippen MR) is 111 cm³/mol. The number of nitrogens with zero attached hydrogens (tertiary/aromatic N) is 1. The lowest BCUT2D eigenvalue weighted by Gasteiger charge is -2.10. The number of benzene rings is 2. The Hall–Kier alpha value is -1.63. The number of amides is 1. The zero-order valence-electron chi connectivity index (χ0n) is 13.9. The van der Waals surface area contributed by atoms with Crippen LogP contribution >= 0.6 is 39.0 Å². The number of carbonyl (C=O) groups is 1. The van der Waals surface area contributed by atoms with Gasteiger partial charge in [-0.25, -0.2) is 4.98 Å². The number of anilines is 1. The van der Waals surface area contributed by atoms with E-state index in [1.165, 1.54) is 11.8 Å². The Labute approximate surface area is 164 Å². The number of aromatic nitrogens is 1. The summed E-state index contributed by atoms with van der Waals surface area (Å²) >= 11 is 6.46. The number of nitrogens with one attached hydrogen (secondary N) is 1. The van der Waals surface area contributed by atoms with E-state index in [2.05, 4.69) is 26.2 Å². The summed E-state index contributed by atoms with van der Waals surface area (Å²) in [4.78, 5) is 16.9. The molecule has 2 aromatic carbocycles. The van der Waals surface area contributed by atoms with Crippen molar-refractivity contribution in [2.75, 3.05) is 11.1 Å². The van der Waals surface area contributed by atoms with Crippen LogP contribution < -0.4 is 5.32 Å². The first-order valence-electron chi connectivity index (χ1n) is 7.73. The van der Waals surface area contributed by atoms with Gasteiger partial charge in [-0.05, 0) is 37.1 Å². The fourth-order valence-corrected chi connectivity index (χ4v) is 4.29. The summed E-state index contributed by atoms with van der Waals surface area (Å²) in [6.45, 7) is 4.00. The normalized spacial score (nSPS) is 10.7. The van der Waals surface area contributed by atoms with E-state index in [4.69, 9.17) is 0 Å². The van der Waals surface area contributed by atoms with Crippen molar-refractivity contribution in [3.05, 3.63) is 63.4 Å². The van der Waals surface area contributed by atoms with Gasteiger partial charge in [0.25, 0.3) is 0 Å². The minimum Gasteiger partial charge on any atom is -0.325 e. The molecule has 128 valence electrons. The second kappa shape index (κ2) is 8.17. The highest BCUT2D eigenvalue weighted by Crippen LogP contribution is 2.29. The zero-order chi connectivity index (χ0) is 17.8. The van der Waals surface area contributed by atoms with E-state index in [9.17, 15) is 4.79 Å². The highest BCUT2D eigenvalue weighted by atomic mass is 79.9. The summed E-state index contributed by atoms with van der Waals surface area (Å²) in [7, 11) is 0. The van der Waals surface area contributed by atoms with Crippen LogP contribution in [0.15, 0.2) is 56.7 Å². The third-order valence-electron chi connectivity index (χ3n) is 3.70. The van der Waals surface area contributed by atoms with Gasteiger partial charge in [-0.2, -0.15) is 0 Å². The van der Waals surface area contributed by atoms with E-state index in [0.717, 1.165) is 36.9 Å². The van der Waals surface area contributed by atoms with Crippen LogP contribution in [0, 0.1) is 13.8 Å². The van der Waals surface area contributed by atoms with Crippen LogP contribution in [0.2, 0.25) is 0 Å². The molecule has 0 saturated carbocycles. The standard InChI is InChI=1S/C19H17BrN2OS2/c1-12-4-3-5-13(2)18(12)22-17(23)11-25-19-21-16(10-24-19)14-6-8-15(20)9-7-14/h3-10H,11H2,1-2H3,(H,22,23). The van der Waals surface area contributed by atoms with Gasteiger partial charge < -0.3 is 5.32 Å². The molecule has 1 N–H and O–H groups in total. The molecular weight excluding hydrogens is 416 g/mol. The topological polar surface area (TPSA) is 42.0 Å². The van der Waals surface area contributed by atoms with Gasteiger partial charge in [0.05, 0.1) is 11.4 Å². The maximum atomic E-state index is 12.2. The first-order valence-corrected chi connectivity index (χ1v) is 10.4. The number of halogens is 1. The van der Waals surface area contributed by atoms with Crippen molar-refractivity contribution in [3.8, 4) is 11.3 Å². The molecule has 0 aliphatic heterocycles. The van der Waals surface area contributed by atoms with E-state index in [0.29, 0.717) is 5.75 Å². The van der Waals surface area contributed by atoms with Crippen LogP contribution in [0.3, 0.4) is 0 Å². The van der Waals surface area contributed by atoms with Gasteiger partial charge in [-0.1, -0.05) is 58.0 Å². The lowest BCUT2D eigenvalue weighted by atomic mass is 10.1. The lowest BCUT2D eigenvalue weighted by molar-refractivity contribution is -0.113. The van der Waals surface area contributed by atoms with Crippen molar-refractivity contribution in [1.29, 1.82) is 0 Å². The third kappa shape index (κ3) is 4.71. The molecule has 0 fully saturated rings. The quantitative estimate of drug-likeness (QED) is 0.508. The highest BCUT2D eigenvalue weighted by molar-refractivity contribution is 9.10. The van der Waals surface area contributed by atoms with E-state index in [1.54, 1.807) is 11.3 Å². The minimum atomic E-state index is -0.0113. The van der Waals surface area contributed by atoms with Crippen LogP contribution in [0.1, 0.15) is 11.1 Å². The largest absolute Gasteiger partial charge is 0.325 e. The van der Waals surface area contributed by atoms with Gasteiger partial charge in [0.2, 0.25) is 5.91 Å². The van der Waals surface area contributed by atoms with Crippen LogP contribution in [-0.4, -0.2) is 16.6 Å². The van der Waals surface area contributed by atoms with Crippen LogP contribution in [0.5, 0.6) is 0 Å². The number of rotatable bonds is 5. The molecule has 0 unspecified atom stereocenters. The van der Waals surface area contributed by atoms with E-state index in [1.807, 2.05) is 61.7 Å². The van der Waals surface area contributed by atoms with Crippen molar-refractivity contribution in [2.24, 2.45) is 0 Å². The Morgan fingerprint density at radius 3 is 2.52 bits per heavy atom. The van der Waals surface area contributed by atoms with Gasteiger partial charge in [0.15, 0.2) is 4.34 Å². The third-order valence-corrected chi connectivity index (χ3v) is 6.25. The molecule has 1 amide bonds. The molecule has 3 rings (SSSR count).